The van der Waals surface area contributed by atoms with Gasteiger partial charge in [0.05, 0.1) is 0 Å². The molecule has 2 aromatic carbocycles. The van der Waals surface area contributed by atoms with Crippen LogP contribution in [0.2, 0.25) is 0 Å². The molecule has 0 heterocycles. The SMILES string of the molecule is CCN(c1ccc(NC(C)=O)cc1)c1cccc(C)c1. The van der Waals surface area contributed by atoms with Crippen LogP contribution in [-0.2, 0) is 4.79 Å². The minimum absolute atomic E-state index is 0.0521. The molecule has 0 aliphatic rings. The Bertz CT molecular complexity index is 590. The van der Waals surface area contributed by atoms with Gasteiger partial charge >= 0.3 is 0 Å². The Hall–Kier alpha value is -2.29. The standard InChI is InChI=1S/C17H20N2O/c1-4-19(17-7-5-6-13(2)12-17)16-10-8-15(9-11-16)18-14(3)20/h5-12H,4H2,1-3H3,(H,18,20). The maximum absolute atomic E-state index is 11.0. The summed E-state index contributed by atoms with van der Waals surface area (Å²) in [5.41, 5.74) is 4.37. The van der Waals surface area contributed by atoms with Crippen molar-refractivity contribution in [3.8, 4) is 0 Å². The van der Waals surface area contributed by atoms with E-state index in [1.54, 1.807) is 0 Å². The topological polar surface area (TPSA) is 32.3 Å². The molecule has 0 fully saturated rings. The van der Waals surface area contributed by atoms with E-state index in [1.165, 1.54) is 18.2 Å². The maximum Gasteiger partial charge on any atom is 0.221 e. The number of hydrogen-bond acceptors (Lipinski definition) is 2. The fraction of sp³-hybridized carbons (Fsp3) is 0.235. The number of amides is 1. The minimum atomic E-state index is -0.0521. The lowest BCUT2D eigenvalue weighted by Gasteiger charge is -2.24. The fourth-order valence-electron chi connectivity index (χ4n) is 2.24. The number of benzene rings is 2. The first-order valence-electron chi connectivity index (χ1n) is 6.82. The Labute approximate surface area is 120 Å². The van der Waals surface area contributed by atoms with Gasteiger partial charge in [0.2, 0.25) is 5.91 Å². The van der Waals surface area contributed by atoms with E-state index in [-0.39, 0.29) is 5.91 Å². The number of nitrogens with one attached hydrogen (secondary N) is 1. The normalized spacial score (nSPS) is 10.2. The maximum atomic E-state index is 11.0. The van der Waals surface area contributed by atoms with Gasteiger partial charge in [-0.15, -0.1) is 0 Å². The Balaban J connectivity index is 2.26. The zero-order valence-corrected chi connectivity index (χ0v) is 12.2. The summed E-state index contributed by atoms with van der Waals surface area (Å²) >= 11 is 0. The molecule has 0 bridgehead atoms. The Morgan fingerprint density at radius 1 is 1.10 bits per heavy atom. The van der Waals surface area contributed by atoms with Crippen molar-refractivity contribution in [1.82, 2.24) is 0 Å². The molecule has 104 valence electrons. The summed E-state index contributed by atoms with van der Waals surface area (Å²) < 4.78 is 0. The van der Waals surface area contributed by atoms with Crippen LogP contribution in [0.4, 0.5) is 17.1 Å². The van der Waals surface area contributed by atoms with Gasteiger partial charge < -0.3 is 10.2 Å². The molecule has 0 saturated carbocycles. The smallest absolute Gasteiger partial charge is 0.221 e. The zero-order valence-electron chi connectivity index (χ0n) is 12.2. The van der Waals surface area contributed by atoms with E-state index >= 15 is 0 Å². The van der Waals surface area contributed by atoms with Crippen molar-refractivity contribution < 1.29 is 4.79 Å². The fourth-order valence-corrected chi connectivity index (χ4v) is 2.24. The van der Waals surface area contributed by atoms with Crippen molar-refractivity contribution in [2.45, 2.75) is 20.8 Å². The average molecular weight is 268 g/mol. The van der Waals surface area contributed by atoms with Gasteiger partial charge in [-0.25, -0.2) is 0 Å². The lowest BCUT2D eigenvalue weighted by atomic mass is 10.2. The van der Waals surface area contributed by atoms with Crippen LogP contribution in [0.25, 0.3) is 0 Å². The molecule has 0 aliphatic heterocycles. The molecule has 2 aromatic rings. The van der Waals surface area contributed by atoms with Crippen LogP contribution in [0.1, 0.15) is 19.4 Å². The summed E-state index contributed by atoms with van der Waals surface area (Å²) in [5, 5.41) is 2.78. The van der Waals surface area contributed by atoms with E-state index in [1.807, 2.05) is 24.3 Å². The molecule has 0 spiro atoms. The predicted octanol–water partition coefficient (Wildman–Crippen LogP) is 4.11. The number of hydrogen-bond donors (Lipinski definition) is 1. The third-order valence-electron chi connectivity index (χ3n) is 3.13. The largest absolute Gasteiger partial charge is 0.342 e. The minimum Gasteiger partial charge on any atom is -0.342 e. The molecule has 0 atom stereocenters. The highest BCUT2D eigenvalue weighted by Crippen LogP contribution is 2.26. The highest BCUT2D eigenvalue weighted by atomic mass is 16.1. The van der Waals surface area contributed by atoms with Crippen LogP contribution in [0.5, 0.6) is 0 Å². The van der Waals surface area contributed by atoms with Crippen LogP contribution in [0, 0.1) is 6.92 Å². The van der Waals surface area contributed by atoms with E-state index < -0.39 is 0 Å². The van der Waals surface area contributed by atoms with E-state index in [4.69, 9.17) is 0 Å². The van der Waals surface area contributed by atoms with Crippen molar-refractivity contribution in [2.24, 2.45) is 0 Å². The molecule has 1 amide bonds. The lowest BCUT2D eigenvalue weighted by Crippen LogP contribution is -2.16. The Morgan fingerprint density at radius 3 is 2.35 bits per heavy atom. The molecule has 0 aliphatic carbocycles. The molecule has 3 heteroatoms. The second-order valence-electron chi connectivity index (χ2n) is 4.81. The number of aryl methyl sites for hydroxylation is 1. The molecule has 0 radical (unpaired) electrons. The molecule has 0 unspecified atom stereocenters. The molecule has 2 rings (SSSR count). The molecule has 0 aromatic heterocycles. The average Bonchev–Trinajstić information content (AvgIpc) is 2.41. The van der Waals surface area contributed by atoms with Crippen LogP contribution in [0.3, 0.4) is 0 Å². The summed E-state index contributed by atoms with van der Waals surface area (Å²) in [6, 6.07) is 16.3. The van der Waals surface area contributed by atoms with Crippen LogP contribution in [0.15, 0.2) is 48.5 Å². The zero-order chi connectivity index (χ0) is 14.5. The second-order valence-corrected chi connectivity index (χ2v) is 4.81. The van der Waals surface area contributed by atoms with E-state index in [0.29, 0.717) is 0 Å². The Kier molecular flexibility index (Phi) is 4.41. The highest BCUT2D eigenvalue weighted by Gasteiger charge is 2.07. The lowest BCUT2D eigenvalue weighted by molar-refractivity contribution is -0.114. The van der Waals surface area contributed by atoms with Crippen molar-refractivity contribution in [1.29, 1.82) is 0 Å². The van der Waals surface area contributed by atoms with E-state index in [0.717, 1.165) is 17.9 Å². The molecule has 1 N–H and O–H groups in total. The second kappa shape index (κ2) is 6.24. The predicted molar refractivity (Wildman–Crippen MR) is 84.6 cm³/mol. The van der Waals surface area contributed by atoms with Crippen LogP contribution in [-0.4, -0.2) is 12.5 Å². The van der Waals surface area contributed by atoms with Gasteiger partial charge in [-0.1, -0.05) is 12.1 Å². The van der Waals surface area contributed by atoms with Gasteiger partial charge in [-0.05, 0) is 55.8 Å². The first-order chi connectivity index (χ1) is 9.60. The molecule has 20 heavy (non-hydrogen) atoms. The van der Waals surface area contributed by atoms with Crippen molar-refractivity contribution in [3.05, 3.63) is 54.1 Å². The summed E-state index contributed by atoms with van der Waals surface area (Å²) in [7, 11) is 0. The Morgan fingerprint density at radius 2 is 1.80 bits per heavy atom. The van der Waals surface area contributed by atoms with E-state index in [2.05, 4.69) is 48.3 Å². The summed E-state index contributed by atoms with van der Waals surface area (Å²) in [5.74, 6) is -0.0521. The van der Waals surface area contributed by atoms with Gasteiger partial charge in [0, 0.05) is 30.5 Å². The van der Waals surface area contributed by atoms with Crippen molar-refractivity contribution >= 4 is 23.0 Å². The van der Waals surface area contributed by atoms with Crippen molar-refractivity contribution in [3.63, 3.8) is 0 Å². The summed E-state index contributed by atoms with van der Waals surface area (Å²) in [4.78, 5) is 13.3. The van der Waals surface area contributed by atoms with E-state index in [9.17, 15) is 4.79 Å². The third-order valence-corrected chi connectivity index (χ3v) is 3.13. The van der Waals surface area contributed by atoms with Gasteiger partial charge in [0.1, 0.15) is 0 Å². The number of rotatable bonds is 4. The molecule has 0 saturated heterocycles. The highest BCUT2D eigenvalue weighted by molar-refractivity contribution is 5.88. The first-order valence-corrected chi connectivity index (χ1v) is 6.82. The molecular formula is C17H20N2O. The third kappa shape index (κ3) is 3.38. The monoisotopic (exact) mass is 268 g/mol. The van der Waals surface area contributed by atoms with Gasteiger partial charge in [0.25, 0.3) is 0 Å². The van der Waals surface area contributed by atoms with Crippen molar-refractivity contribution in [2.75, 3.05) is 16.8 Å². The van der Waals surface area contributed by atoms with Crippen LogP contribution < -0.4 is 10.2 Å². The number of anilines is 3. The van der Waals surface area contributed by atoms with Gasteiger partial charge in [-0.3, -0.25) is 4.79 Å². The molecular weight excluding hydrogens is 248 g/mol. The van der Waals surface area contributed by atoms with Gasteiger partial charge in [-0.2, -0.15) is 0 Å². The molecule has 3 nitrogen and oxygen atoms in total. The quantitative estimate of drug-likeness (QED) is 0.905. The van der Waals surface area contributed by atoms with Crippen LogP contribution >= 0.6 is 0 Å². The number of carbonyl (C=O) groups excluding carboxylic acids is 1. The summed E-state index contributed by atoms with van der Waals surface area (Å²) in [6.07, 6.45) is 0. The first kappa shape index (κ1) is 14.1. The number of carbonyl (C=O) groups is 1. The van der Waals surface area contributed by atoms with Gasteiger partial charge in [0.15, 0.2) is 0 Å². The summed E-state index contributed by atoms with van der Waals surface area (Å²) in [6.45, 7) is 6.63. The number of nitrogens with zero attached hydrogens (tertiary/aromatic N) is 1.